The summed E-state index contributed by atoms with van der Waals surface area (Å²) in [4.78, 5) is 0. The highest BCUT2D eigenvalue weighted by Crippen LogP contribution is 2.46. The number of hydrogen-bond acceptors (Lipinski definition) is 3. The van der Waals surface area contributed by atoms with Gasteiger partial charge in [0.2, 0.25) is 8.32 Å². The molecule has 0 saturated heterocycles. The lowest BCUT2D eigenvalue weighted by Crippen LogP contribution is -2.58. The van der Waals surface area contributed by atoms with Gasteiger partial charge >= 0.3 is 15.6 Å². The third-order valence-electron chi connectivity index (χ3n) is 4.57. The van der Waals surface area contributed by atoms with Crippen molar-refractivity contribution in [2.75, 3.05) is 0 Å². The van der Waals surface area contributed by atoms with Gasteiger partial charge in [-0.2, -0.15) is 21.6 Å². The smallest absolute Gasteiger partial charge is 0.307 e. The molecule has 1 atom stereocenters. The Morgan fingerprint density at radius 2 is 1.48 bits per heavy atom. The Morgan fingerprint density at radius 3 is 1.84 bits per heavy atom. The van der Waals surface area contributed by atoms with Crippen LogP contribution in [0.25, 0.3) is 0 Å². The van der Waals surface area contributed by atoms with Crippen LogP contribution in [0.5, 0.6) is 0 Å². The molecular weight excluding hydrogens is 369 g/mol. The van der Waals surface area contributed by atoms with E-state index in [2.05, 4.69) is 0 Å². The van der Waals surface area contributed by atoms with E-state index in [4.69, 9.17) is 3.87 Å². The largest absolute Gasteiger partial charge is 0.522 e. The normalized spacial score (nSPS) is 16.5. The molecule has 25 heavy (non-hydrogen) atoms. The molecule has 0 spiro atoms. The van der Waals surface area contributed by atoms with Crippen molar-refractivity contribution in [2.24, 2.45) is 5.41 Å². The first-order chi connectivity index (χ1) is 11.1. The molecule has 3 nitrogen and oxygen atoms in total. The molecule has 0 bridgehead atoms. The fourth-order valence-electron chi connectivity index (χ4n) is 3.21. The standard InChI is InChI=1S/C17H27F3O3SSi/c1-7-25(13-15(2,3)4,23-24(21,22)17(18,19)20)16(5,6)14-11-9-8-10-12-14/h8-12H,7,13H2,1-6H3. The van der Waals surface area contributed by atoms with Gasteiger partial charge in [0.1, 0.15) is 0 Å². The molecule has 0 aliphatic rings. The van der Waals surface area contributed by atoms with Crippen molar-refractivity contribution in [1.82, 2.24) is 0 Å². The van der Waals surface area contributed by atoms with Crippen molar-refractivity contribution < 1.29 is 25.5 Å². The number of hydrogen-bond donors (Lipinski definition) is 0. The number of benzene rings is 1. The molecule has 1 unspecified atom stereocenters. The Hall–Kier alpha value is -0.863. The zero-order valence-corrected chi connectivity index (χ0v) is 17.4. The molecule has 0 aliphatic heterocycles. The molecule has 1 aromatic carbocycles. The number of alkyl halides is 3. The van der Waals surface area contributed by atoms with E-state index in [-0.39, 0.29) is 17.5 Å². The molecule has 0 radical (unpaired) electrons. The molecule has 1 aromatic rings. The zero-order chi connectivity index (χ0) is 19.7. The minimum atomic E-state index is -5.67. The van der Waals surface area contributed by atoms with E-state index in [0.717, 1.165) is 5.56 Å². The van der Waals surface area contributed by atoms with Crippen molar-refractivity contribution in [3.05, 3.63) is 35.9 Å². The molecule has 1 rings (SSSR count). The van der Waals surface area contributed by atoms with Crippen molar-refractivity contribution in [3.8, 4) is 0 Å². The molecule has 0 N–H and O–H groups in total. The van der Waals surface area contributed by atoms with E-state index in [1.807, 2.05) is 39.0 Å². The van der Waals surface area contributed by atoms with E-state index >= 15 is 0 Å². The minimum Gasteiger partial charge on any atom is -0.307 e. The summed E-state index contributed by atoms with van der Waals surface area (Å²) in [5, 5.41) is -0.825. The molecule has 0 heterocycles. The van der Waals surface area contributed by atoms with Crippen LogP contribution in [0.15, 0.2) is 30.3 Å². The fraction of sp³-hybridized carbons (Fsp3) is 0.647. The fourth-order valence-corrected chi connectivity index (χ4v) is 10.8. The van der Waals surface area contributed by atoms with Crippen molar-refractivity contribution in [2.45, 2.75) is 64.2 Å². The van der Waals surface area contributed by atoms with Crippen LogP contribution in [0.4, 0.5) is 13.2 Å². The van der Waals surface area contributed by atoms with Crippen molar-refractivity contribution in [1.29, 1.82) is 0 Å². The molecule has 144 valence electrons. The second-order valence-corrected chi connectivity index (χ2v) is 14.4. The summed E-state index contributed by atoms with van der Waals surface area (Å²) in [5.74, 6) is 0. The Morgan fingerprint density at radius 1 is 1.00 bits per heavy atom. The molecule has 0 fully saturated rings. The van der Waals surface area contributed by atoms with Crippen LogP contribution in [0.1, 0.15) is 47.1 Å². The first kappa shape index (κ1) is 22.2. The molecular formula is C17H27F3O3SSi. The molecule has 0 aliphatic carbocycles. The Labute approximate surface area is 149 Å². The summed E-state index contributed by atoms with van der Waals surface area (Å²) >= 11 is 0. The SMILES string of the molecule is CC[Si](CC(C)(C)C)(OS(=O)(=O)C(F)(F)F)C(C)(C)c1ccccc1. The predicted molar refractivity (Wildman–Crippen MR) is 96.0 cm³/mol. The molecule has 0 saturated carbocycles. The van der Waals surface area contributed by atoms with Crippen LogP contribution in [0.3, 0.4) is 0 Å². The summed E-state index contributed by atoms with van der Waals surface area (Å²) in [7, 11) is -9.10. The highest BCUT2D eigenvalue weighted by Gasteiger charge is 2.59. The maximum absolute atomic E-state index is 13.0. The first-order valence-electron chi connectivity index (χ1n) is 8.15. The van der Waals surface area contributed by atoms with Gasteiger partial charge in [-0.3, -0.25) is 0 Å². The van der Waals surface area contributed by atoms with E-state index in [1.54, 1.807) is 32.9 Å². The van der Waals surface area contributed by atoms with Gasteiger partial charge in [-0.05, 0) is 23.1 Å². The number of rotatable bonds is 6. The van der Waals surface area contributed by atoms with Crippen LogP contribution in [0.2, 0.25) is 12.1 Å². The lowest BCUT2D eigenvalue weighted by Gasteiger charge is -2.46. The Balaban J connectivity index is 3.58. The zero-order valence-electron chi connectivity index (χ0n) is 15.6. The topological polar surface area (TPSA) is 43.4 Å². The maximum Gasteiger partial charge on any atom is 0.522 e. The first-order valence-corrected chi connectivity index (χ1v) is 11.9. The van der Waals surface area contributed by atoms with Gasteiger partial charge in [0.05, 0.1) is 0 Å². The molecule has 0 aromatic heterocycles. The quantitative estimate of drug-likeness (QED) is 0.479. The van der Waals surface area contributed by atoms with Gasteiger partial charge in [0, 0.05) is 5.04 Å². The van der Waals surface area contributed by atoms with Crippen LogP contribution in [-0.2, 0) is 19.0 Å². The Kier molecular flexibility index (Phi) is 6.24. The third kappa shape index (κ3) is 4.86. The van der Waals surface area contributed by atoms with Gasteiger partial charge in [0.25, 0.3) is 0 Å². The highest BCUT2D eigenvalue weighted by atomic mass is 32.2. The maximum atomic E-state index is 13.0. The summed E-state index contributed by atoms with van der Waals surface area (Å²) in [5.41, 5.74) is -5.02. The minimum absolute atomic E-state index is 0.251. The van der Waals surface area contributed by atoms with E-state index in [1.165, 1.54) is 0 Å². The molecule has 0 amide bonds. The number of halogens is 3. The second-order valence-electron chi connectivity index (χ2n) is 8.06. The van der Waals surface area contributed by atoms with Crippen LogP contribution >= 0.6 is 0 Å². The van der Waals surface area contributed by atoms with Crippen LogP contribution in [-0.4, -0.2) is 22.2 Å². The average molecular weight is 397 g/mol. The van der Waals surface area contributed by atoms with Gasteiger partial charge < -0.3 is 3.87 Å². The predicted octanol–water partition coefficient (Wildman–Crippen LogP) is 5.38. The summed E-state index contributed by atoms with van der Waals surface area (Å²) in [6, 6.07) is 9.55. The van der Waals surface area contributed by atoms with E-state index < -0.39 is 29.0 Å². The van der Waals surface area contributed by atoms with Crippen molar-refractivity contribution >= 4 is 18.4 Å². The average Bonchev–Trinajstić information content (AvgIpc) is 2.44. The Bertz CT molecular complexity index is 679. The van der Waals surface area contributed by atoms with E-state index in [9.17, 15) is 21.6 Å². The summed E-state index contributed by atoms with van der Waals surface area (Å²) in [6.07, 6.45) is 0. The van der Waals surface area contributed by atoms with Gasteiger partial charge in [-0.25, -0.2) is 0 Å². The monoisotopic (exact) mass is 396 g/mol. The molecule has 8 heteroatoms. The lowest BCUT2D eigenvalue weighted by molar-refractivity contribution is -0.0506. The van der Waals surface area contributed by atoms with Crippen LogP contribution < -0.4 is 0 Å². The van der Waals surface area contributed by atoms with Gasteiger partial charge in [-0.15, -0.1) is 0 Å². The summed E-state index contributed by atoms with van der Waals surface area (Å²) in [6.45, 7) is 10.9. The third-order valence-corrected chi connectivity index (χ3v) is 12.6. The summed E-state index contributed by atoms with van der Waals surface area (Å²) < 4.78 is 68.0. The lowest BCUT2D eigenvalue weighted by atomic mass is 10.00. The van der Waals surface area contributed by atoms with Crippen molar-refractivity contribution in [3.63, 3.8) is 0 Å². The van der Waals surface area contributed by atoms with Gasteiger partial charge in [-0.1, -0.05) is 71.9 Å². The van der Waals surface area contributed by atoms with Crippen LogP contribution in [0, 0.1) is 5.41 Å². The van der Waals surface area contributed by atoms with E-state index in [0.29, 0.717) is 0 Å². The highest BCUT2D eigenvalue weighted by molar-refractivity contribution is 7.88. The second kappa shape index (κ2) is 7.04. The van der Waals surface area contributed by atoms with Gasteiger partial charge in [0.15, 0.2) is 0 Å².